The molecule has 182 valence electrons. The maximum absolute atomic E-state index is 5.95. The lowest BCUT2D eigenvalue weighted by atomic mass is 10.2. The van der Waals surface area contributed by atoms with Crippen molar-refractivity contribution in [2.45, 2.75) is 0 Å². The standard InChI is InChI=1S/C25H29NO7S/c1-27-21-16-19-24(17-22(21)28-2)34-25(26-19)6-4-18-3-5-20-23(15-18)33-14-12-31-10-8-29-7-9-30-11-13-32-20/h3-6,15-17H,7-14H2,1-2H3/b6-4+. The molecule has 0 saturated carbocycles. The van der Waals surface area contributed by atoms with Crippen LogP contribution in [0.4, 0.5) is 0 Å². The summed E-state index contributed by atoms with van der Waals surface area (Å²) in [6.07, 6.45) is 3.98. The van der Waals surface area contributed by atoms with E-state index in [-0.39, 0.29) is 0 Å². The summed E-state index contributed by atoms with van der Waals surface area (Å²) in [5, 5.41) is 0.881. The van der Waals surface area contributed by atoms with Gasteiger partial charge in [0.1, 0.15) is 18.2 Å². The van der Waals surface area contributed by atoms with Gasteiger partial charge in [-0.2, -0.15) is 0 Å². The van der Waals surface area contributed by atoms with E-state index in [1.807, 2.05) is 42.5 Å². The van der Waals surface area contributed by atoms with Crippen molar-refractivity contribution in [2.24, 2.45) is 0 Å². The predicted octanol–water partition coefficient (Wildman–Crippen LogP) is 4.30. The van der Waals surface area contributed by atoms with Crippen molar-refractivity contribution < 1.29 is 33.2 Å². The number of hydrogen-bond acceptors (Lipinski definition) is 9. The van der Waals surface area contributed by atoms with Crippen molar-refractivity contribution in [3.8, 4) is 23.0 Å². The Balaban J connectivity index is 1.49. The molecule has 0 spiro atoms. The van der Waals surface area contributed by atoms with Crippen LogP contribution in [0.15, 0.2) is 30.3 Å². The fourth-order valence-corrected chi connectivity index (χ4v) is 4.22. The van der Waals surface area contributed by atoms with Crippen molar-refractivity contribution in [1.82, 2.24) is 4.98 Å². The topological polar surface area (TPSA) is 77.5 Å². The highest BCUT2D eigenvalue weighted by Crippen LogP contribution is 2.35. The molecule has 8 nitrogen and oxygen atoms in total. The number of aromatic nitrogens is 1. The van der Waals surface area contributed by atoms with Crippen LogP contribution < -0.4 is 18.9 Å². The summed E-state index contributed by atoms with van der Waals surface area (Å²) in [7, 11) is 3.25. The van der Waals surface area contributed by atoms with Gasteiger partial charge in [0.15, 0.2) is 23.0 Å². The summed E-state index contributed by atoms with van der Waals surface area (Å²) in [4.78, 5) is 4.69. The molecule has 34 heavy (non-hydrogen) atoms. The van der Waals surface area contributed by atoms with Crippen molar-refractivity contribution in [3.63, 3.8) is 0 Å². The van der Waals surface area contributed by atoms with E-state index in [9.17, 15) is 0 Å². The van der Waals surface area contributed by atoms with Gasteiger partial charge in [0.05, 0.1) is 64.1 Å². The van der Waals surface area contributed by atoms with E-state index in [0.29, 0.717) is 75.9 Å². The lowest BCUT2D eigenvalue weighted by molar-refractivity contribution is 0.00708. The highest BCUT2D eigenvalue weighted by molar-refractivity contribution is 7.19. The number of fused-ring (bicyclic) bond motifs is 2. The molecule has 0 fully saturated rings. The smallest absolute Gasteiger partial charge is 0.162 e. The van der Waals surface area contributed by atoms with Crippen molar-refractivity contribution in [1.29, 1.82) is 0 Å². The second kappa shape index (κ2) is 12.6. The van der Waals surface area contributed by atoms with Gasteiger partial charge in [-0.15, -0.1) is 11.3 Å². The molecule has 0 unspecified atom stereocenters. The largest absolute Gasteiger partial charge is 0.493 e. The highest BCUT2D eigenvalue weighted by Gasteiger charge is 2.10. The van der Waals surface area contributed by atoms with Gasteiger partial charge in [-0.25, -0.2) is 4.98 Å². The summed E-state index contributed by atoms with van der Waals surface area (Å²) in [5.41, 5.74) is 1.84. The Hall–Kier alpha value is -2.85. The van der Waals surface area contributed by atoms with E-state index in [2.05, 4.69) is 0 Å². The first-order valence-corrected chi connectivity index (χ1v) is 11.9. The van der Waals surface area contributed by atoms with Crippen LogP contribution in [-0.4, -0.2) is 72.1 Å². The molecule has 9 heteroatoms. The molecule has 2 aromatic carbocycles. The minimum atomic E-state index is 0.418. The molecule has 0 bridgehead atoms. The predicted molar refractivity (Wildman–Crippen MR) is 132 cm³/mol. The second-order valence-electron chi connectivity index (χ2n) is 7.30. The number of methoxy groups -OCH3 is 2. The van der Waals surface area contributed by atoms with E-state index in [1.165, 1.54) is 0 Å². The number of nitrogens with zero attached hydrogens (tertiary/aromatic N) is 1. The average molecular weight is 488 g/mol. The van der Waals surface area contributed by atoms with Crippen LogP contribution in [0.2, 0.25) is 0 Å². The van der Waals surface area contributed by atoms with Crippen LogP contribution >= 0.6 is 11.3 Å². The Morgan fingerprint density at radius 1 is 0.735 bits per heavy atom. The molecule has 0 radical (unpaired) electrons. The number of rotatable bonds is 4. The van der Waals surface area contributed by atoms with Crippen LogP contribution in [-0.2, 0) is 14.2 Å². The fourth-order valence-electron chi connectivity index (χ4n) is 3.34. The summed E-state index contributed by atoms with van der Waals surface area (Å²) in [5.74, 6) is 2.69. The molecular formula is C25H29NO7S. The maximum Gasteiger partial charge on any atom is 0.162 e. The van der Waals surface area contributed by atoms with Crippen LogP contribution in [0.5, 0.6) is 23.0 Å². The van der Waals surface area contributed by atoms with Crippen molar-refractivity contribution >= 4 is 33.7 Å². The van der Waals surface area contributed by atoms with E-state index in [0.717, 1.165) is 20.8 Å². The number of ether oxygens (including phenoxy) is 7. The van der Waals surface area contributed by atoms with Gasteiger partial charge in [0.2, 0.25) is 0 Å². The molecule has 0 saturated heterocycles. The Labute approximate surface area is 203 Å². The van der Waals surface area contributed by atoms with Gasteiger partial charge in [-0.3, -0.25) is 0 Å². The quantitative estimate of drug-likeness (QED) is 0.539. The minimum Gasteiger partial charge on any atom is -0.493 e. The molecule has 3 aromatic rings. The van der Waals surface area contributed by atoms with E-state index in [1.54, 1.807) is 25.6 Å². The van der Waals surface area contributed by atoms with Crippen molar-refractivity contribution in [3.05, 3.63) is 40.9 Å². The van der Waals surface area contributed by atoms with Gasteiger partial charge in [-0.05, 0) is 23.8 Å². The fraction of sp³-hybridized carbons (Fsp3) is 0.400. The van der Waals surface area contributed by atoms with Gasteiger partial charge in [0.25, 0.3) is 0 Å². The summed E-state index contributed by atoms with van der Waals surface area (Å²) >= 11 is 1.58. The third kappa shape index (κ3) is 6.60. The van der Waals surface area contributed by atoms with E-state index in [4.69, 9.17) is 38.1 Å². The third-order valence-electron chi connectivity index (χ3n) is 5.01. The minimum absolute atomic E-state index is 0.418. The molecule has 0 N–H and O–H groups in total. The molecule has 0 amide bonds. The SMILES string of the molecule is COc1cc2nc(/C=C/c3ccc4c(c3)OCCOCCOCCOCCO4)sc2cc1OC. The van der Waals surface area contributed by atoms with Crippen LogP contribution in [0.1, 0.15) is 10.6 Å². The second-order valence-corrected chi connectivity index (χ2v) is 8.36. The summed E-state index contributed by atoms with van der Waals surface area (Å²) < 4.78 is 40.1. The van der Waals surface area contributed by atoms with Crippen LogP contribution in [0.3, 0.4) is 0 Å². The first kappa shape index (κ1) is 24.3. The van der Waals surface area contributed by atoms with E-state index >= 15 is 0 Å². The normalized spacial score (nSPS) is 16.2. The number of thiazole rings is 1. The lowest BCUT2D eigenvalue weighted by Crippen LogP contribution is -2.13. The van der Waals surface area contributed by atoms with Gasteiger partial charge < -0.3 is 33.2 Å². The Kier molecular flexibility index (Phi) is 8.97. The van der Waals surface area contributed by atoms with Gasteiger partial charge in [-0.1, -0.05) is 12.1 Å². The molecule has 1 aliphatic rings. The number of hydrogen-bond donors (Lipinski definition) is 0. The number of benzene rings is 2. The van der Waals surface area contributed by atoms with Gasteiger partial charge in [0, 0.05) is 12.1 Å². The van der Waals surface area contributed by atoms with Crippen molar-refractivity contribution in [2.75, 3.05) is 67.1 Å². The highest BCUT2D eigenvalue weighted by atomic mass is 32.1. The summed E-state index contributed by atoms with van der Waals surface area (Å²) in [6.45, 7) is 3.93. The molecule has 0 atom stereocenters. The third-order valence-corrected chi connectivity index (χ3v) is 5.99. The zero-order valence-corrected chi connectivity index (χ0v) is 20.2. The maximum atomic E-state index is 5.95. The zero-order valence-electron chi connectivity index (χ0n) is 19.4. The first-order valence-electron chi connectivity index (χ1n) is 11.1. The lowest BCUT2D eigenvalue weighted by Gasteiger charge is -2.13. The Morgan fingerprint density at radius 2 is 1.35 bits per heavy atom. The van der Waals surface area contributed by atoms with E-state index < -0.39 is 0 Å². The molecule has 1 aromatic heterocycles. The molecule has 2 heterocycles. The average Bonchev–Trinajstić information content (AvgIpc) is 3.26. The monoisotopic (exact) mass is 487 g/mol. The molecule has 1 aliphatic heterocycles. The van der Waals surface area contributed by atoms with Crippen LogP contribution in [0, 0.1) is 0 Å². The molecule has 4 rings (SSSR count). The Bertz CT molecular complexity index is 1060. The molecular weight excluding hydrogens is 458 g/mol. The molecule has 0 aliphatic carbocycles. The zero-order chi connectivity index (χ0) is 23.6. The Morgan fingerprint density at radius 3 is 2.03 bits per heavy atom. The summed E-state index contributed by atoms with van der Waals surface area (Å²) in [6, 6.07) is 9.68. The first-order chi connectivity index (χ1) is 16.8. The van der Waals surface area contributed by atoms with Gasteiger partial charge >= 0.3 is 0 Å². The van der Waals surface area contributed by atoms with Crippen LogP contribution in [0.25, 0.3) is 22.4 Å².